The summed E-state index contributed by atoms with van der Waals surface area (Å²) in [6.07, 6.45) is 3.90. The van der Waals surface area contributed by atoms with E-state index in [4.69, 9.17) is 4.74 Å². The van der Waals surface area contributed by atoms with Crippen LogP contribution in [-0.4, -0.2) is 48.1 Å². The molecular weight excluding hydrogens is 268 g/mol. The molecule has 0 spiro atoms. The van der Waals surface area contributed by atoms with E-state index in [-0.39, 0.29) is 17.9 Å². The van der Waals surface area contributed by atoms with Gasteiger partial charge in [-0.05, 0) is 25.7 Å². The molecule has 5 nitrogen and oxygen atoms in total. The molecule has 2 unspecified atom stereocenters. The smallest absolute Gasteiger partial charge is 0.248 e. The predicted molar refractivity (Wildman–Crippen MR) is 80.8 cm³/mol. The van der Waals surface area contributed by atoms with Crippen LogP contribution < -0.4 is 5.32 Å². The molecule has 0 aliphatic carbocycles. The molecule has 2 heterocycles. The van der Waals surface area contributed by atoms with Crippen LogP contribution in [0, 0.1) is 5.92 Å². The van der Waals surface area contributed by atoms with Gasteiger partial charge in [-0.1, -0.05) is 27.2 Å². The molecular formula is C16H28N2O3. The Bertz CT molecular complexity index is 387. The number of amides is 2. The standard InChI is InChI=1S/C16H28N2O3/c1-4-7-13-14(19)17-16(5-2,6-3)15(20)18(13)10-12-8-9-21-11-12/h12-13H,4-11H2,1-3H3,(H,17,19). The molecule has 2 aliphatic heterocycles. The van der Waals surface area contributed by atoms with Gasteiger partial charge in [0.05, 0.1) is 6.61 Å². The van der Waals surface area contributed by atoms with Crippen molar-refractivity contribution in [2.45, 2.75) is 64.5 Å². The minimum absolute atomic E-state index is 0.0130. The average molecular weight is 296 g/mol. The van der Waals surface area contributed by atoms with Gasteiger partial charge in [-0.25, -0.2) is 0 Å². The van der Waals surface area contributed by atoms with Crippen molar-refractivity contribution < 1.29 is 14.3 Å². The van der Waals surface area contributed by atoms with Gasteiger partial charge in [0.25, 0.3) is 0 Å². The largest absolute Gasteiger partial charge is 0.381 e. The van der Waals surface area contributed by atoms with E-state index in [0.29, 0.717) is 31.9 Å². The number of nitrogens with one attached hydrogen (secondary N) is 1. The summed E-state index contributed by atoms with van der Waals surface area (Å²) in [5, 5.41) is 3.01. The molecule has 1 N–H and O–H groups in total. The highest BCUT2D eigenvalue weighted by Gasteiger charge is 2.48. The summed E-state index contributed by atoms with van der Waals surface area (Å²) in [6.45, 7) is 8.12. The highest BCUT2D eigenvalue weighted by molar-refractivity contribution is 5.99. The van der Waals surface area contributed by atoms with Crippen LogP contribution in [-0.2, 0) is 14.3 Å². The molecule has 2 aliphatic rings. The van der Waals surface area contributed by atoms with Gasteiger partial charge in [0, 0.05) is 19.1 Å². The fourth-order valence-corrected chi connectivity index (χ4v) is 3.44. The Morgan fingerprint density at radius 3 is 2.52 bits per heavy atom. The summed E-state index contributed by atoms with van der Waals surface area (Å²) < 4.78 is 5.42. The number of hydrogen-bond acceptors (Lipinski definition) is 3. The van der Waals surface area contributed by atoms with E-state index in [0.717, 1.165) is 25.9 Å². The van der Waals surface area contributed by atoms with Crippen LogP contribution >= 0.6 is 0 Å². The van der Waals surface area contributed by atoms with Crippen molar-refractivity contribution in [2.75, 3.05) is 19.8 Å². The van der Waals surface area contributed by atoms with Crippen LogP contribution in [0.4, 0.5) is 0 Å². The monoisotopic (exact) mass is 296 g/mol. The molecule has 5 heteroatoms. The number of piperazine rings is 1. The molecule has 0 radical (unpaired) electrons. The quantitative estimate of drug-likeness (QED) is 0.812. The van der Waals surface area contributed by atoms with Crippen molar-refractivity contribution >= 4 is 11.8 Å². The van der Waals surface area contributed by atoms with E-state index in [1.54, 1.807) is 0 Å². The molecule has 0 aromatic heterocycles. The van der Waals surface area contributed by atoms with Crippen molar-refractivity contribution in [1.82, 2.24) is 10.2 Å². The number of carbonyl (C=O) groups excluding carboxylic acids is 2. The van der Waals surface area contributed by atoms with E-state index >= 15 is 0 Å². The zero-order valence-electron chi connectivity index (χ0n) is 13.5. The maximum atomic E-state index is 13.0. The summed E-state index contributed by atoms with van der Waals surface area (Å²) in [4.78, 5) is 27.4. The van der Waals surface area contributed by atoms with Gasteiger partial charge in [-0.2, -0.15) is 0 Å². The molecule has 2 amide bonds. The molecule has 0 saturated carbocycles. The maximum Gasteiger partial charge on any atom is 0.248 e. The second-order valence-corrected chi connectivity index (χ2v) is 6.27. The highest BCUT2D eigenvalue weighted by atomic mass is 16.5. The van der Waals surface area contributed by atoms with Gasteiger partial charge in [0.1, 0.15) is 11.6 Å². The van der Waals surface area contributed by atoms with E-state index in [1.165, 1.54) is 0 Å². The van der Waals surface area contributed by atoms with Gasteiger partial charge in [0.15, 0.2) is 0 Å². The van der Waals surface area contributed by atoms with E-state index in [9.17, 15) is 9.59 Å². The lowest BCUT2D eigenvalue weighted by molar-refractivity contribution is -0.156. The molecule has 0 aromatic carbocycles. The lowest BCUT2D eigenvalue weighted by Crippen LogP contribution is -2.70. The highest BCUT2D eigenvalue weighted by Crippen LogP contribution is 2.28. The summed E-state index contributed by atoms with van der Waals surface area (Å²) in [5.41, 5.74) is -0.708. The van der Waals surface area contributed by atoms with Crippen molar-refractivity contribution in [3.63, 3.8) is 0 Å². The lowest BCUT2D eigenvalue weighted by Gasteiger charge is -2.46. The van der Waals surface area contributed by atoms with Crippen molar-refractivity contribution in [3.8, 4) is 0 Å². The Balaban J connectivity index is 2.22. The normalized spacial score (nSPS) is 28.8. The fraction of sp³-hybridized carbons (Fsp3) is 0.875. The first-order valence-electron chi connectivity index (χ1n) is 8.28. The molecule has 2 fully saturated rings. The third-order valence-electron chi connectivity index (χ3n) is 4.96. The van der Waals surface area contributed by atoms with Gasteiger partial charge in [-0.15, -0.1) is 0 Å². The van der Waals surface area contributed by atoms with Crippen LogP contribution in [0.1, 0.15) is 52.9 Å². The summed E-state index contributed by atoms with van der Waals surface area (Å²) in [5.74, 6) is 0.474. The minimum Gasteiger partial charge on any atom is -0.381 e. The third kappa shape index (κ3) is 3.07. The predicted octanol–water partition coefficient (Wildman–Crippen LogP) is 1.71. The Hall–Kier alpha value is -1.10. The fourth-order valence-electron chi connectivity index (χ4n) is 3.44. The minimum atomic E-state index is -0.708. The Kier molecular flexibility index (Phi) is 5.25. The summed E-state index contributed by atoms with van der Waals surface area (Å²) >= 11 is 0. The molecule has 2 atom stereocenters. The van der Waals surface area contributed by atoms with Gasteiger partial charge in [-0.3, -0.25) is 9.59 Å². The summed E-state index contributed by atoms with van der Waals surface area (Å²) in [6, 6.07) is -0.311. The van der Waals surface area contributed by atoms with Gasteiger partial charge >= 0.3 is 0 Å². The van der Waals surface area contributed by atoms with Gasteiger partial charge in [0.2, 0.25) is 11.8 Å². The van der Waals surface area contributed by atoms with Crippen LogP contribution in [0.25, 0.3) is 0 Å². The number of nitrogens with zero attached hydrogens (tertiary/aromatic N) is 1. The Morgan fingerprint density at radius 1 is 1.29 bits per heavy atom. The first-order valence-corrected chi connectivity index (χ1v) is 8.28. The Morgan fingerprint density at radius 2 is 2.00 bits per heavy atom. The lowest BCUT2D eigenvalue weighted by atomic mass is 9.85. The summed E-state index contributed by atoms with van der Waals surface area (Å²) in [7, 11) is 0. The second-order valence-electron chi connectivity index (χ2n) is 6.27. The molecule has 120 valence electrons. The van der Waals surface area contributed by atoms with Crippen LogP contribution in [0.5, 0.6) is 0 Å². The van der Waals surface area contributed by atoms with Crippen molar-refractivity contribution in [2.24, 2.45) is 5.92 Å². The third-order valence-corrected chi connectivity index (χ3v) is 4.96. The molecule has 2 rings (SSSR count). The van der Waals surface area contributed by atoms with E-state index in [2.05, 4.69) is 12.2 Å². The first-order chi connectivity index (χ1) is 10.1. The zero-order valence-corrected chi connectivity index (χ0v) is 13.5. The molecule has 2 saturated heterocycles. The van der Waals surface area contributed by atoms with Crippen LogP contribution in [0.2, 0.25) is 0 Å². The first kappa shape index (κ1) is 16.3. The van der Waals surface area contributed by atoms with Crippen molar-refractivity contribution in [3.05, 3.63) is 0 Å². The molecule has 21 heavy (non-hydrogen) atoms. The maximum absolute atomic E-state index is 13.0. The van der Waals surface area contributed by atoms with Crippen LogP contribution in [0.3, 0.4) is 0 Å². The zero-order chi connectivity index (χ0) is 15.5. The topological polar surface area (TPSA) is 58.6 Å². The number of carbonyl (C=O) groups is 2. The number of rotatable bonds is 6. The number of hydrogen-bond donors (Lipinski definition) is 1. The average Bonchev–Trinajstić information content (AvgIpc) is 2.99. The number of ether oxygens (including phenoxy) is 1. The van der Waals surface area contributed by atoms with E-state index in [1.807, 2.05) is 18.7 Å². The van der Waals surface area contributed by atoms with E-state index < -0.39 is 5.54 Å². The van der Waals surface area contributed by atoms with Crippen LogP contribution in [0.15, 0.2) is 0 Å². The van der Waals surface area contributed by atoms with Gasteiger partial charge < -0.3 is 15.0 Å². The molecule has 0 bridgehead atoms. The van der Waals surface area contributed by atoms with Crippen molar-refractivity contribution in [1.29, 1.82) is 0 Å². The second kappa shape index (κ2) is 6.77. The Labute approximate surface area is 127 Å². The SMILES string of the molecule is CCCC1C(=O)NC(CC)(CC)C(=O)N1CC1CCOC1. The molecule has 0 aromatic rings.